The lowest BCUT2D eigenvalue weighted by Gasteiger charge is -2.09. The van der Waals surface area contributed by atoms with Crippen molar-refractivity contribution in [3.05, 3.63) is 71.8 Å². The van der Waals surface area contributed by atoms with Gasteiger partial charge in [-0.25, -0.2) is 24.0 Å². The maximum Gasteiger partial charge on any atom is 0.343 e. The number of ether oxygens (including phenoxy) is 3. The molecule has 0 amide bonds. The normalized spacial score (nSPS) is 10.2. The van der Waals surface area contributed by atoms with Crippen LogP contribution >= 0.6 is 0 Å². The molecule has 0 bridgehead atoms. The molecule has 142 valence electrons. The van der Waals surface area contributed by atoms with Crippen LogP contribution in [0.3, 0.4) is 0 Å². The van der Waals surface area contributed by atoms with Crippen molar-refractivity contribution < 1.29 is 28.6 Å². The van der Waals surface area contributed by atoms with Gasteiger partial charge in [0.15, 0.2) is 0 Å². The van der Waals surface area contributed by atoms with Crippen molar-refractivity contribution in [3.63, 3.8) is 0 Å². The van der Waals surface area contributed by atoms with Gasteiger partial charge in [0.1, 0.15) is 18.4 Å². The van der Waals surface area contributed by atoms with Crippen molar-refractivity contribution in [3.8, 4) is 11.4 Å². The second kappa shape index (κ2) is 8.12. The molecule has 1 heterocycles. The Balaban J connectivity index is 1.84. The van der Waals surface area contributed by atoms with E-state index in [2.05, 4.69) is 19.6 Å². The summed E-state index contributed by atoms with van der Waals surface area (Å²) in [5.74, 6) is -2.02. The predicted molar refractivity (Wildman–Crippen MR) is 95.4 cm³/mol. The zero-order chi connectivity index (χ0) is 20.1. The molecule has 0 aliphatic carbocycles. The van der Waals surface area contributed by atoms with Gasteiger partial charge in [-0.1, -0.05) is 0 Å². The van der Waals surface area contributed by atoms with Gasteiger partial charge in [0.25, 0.3) is 0 Å². The SMILES string of the molecule is COC(=O)c1cc(OC(=O)c2ccc(-n3cncn3)cc2)cc(C(=O)OC)c1. The van der Waals surface area contributed by atoms with E-state index >= 15 is 0 Å². The maximum atomic E-state index is 12.4. The van der Waals surface area contributed by atoms with E-state index in [1.54, 1.807) is 24.3 Å². The summed E-state index contributed by atoms with van der Waals surface area (Å²) < 4.78 is 16.2. The Hall–Kier alpha value is -4.01. The first-order chi connectivity index (χ1) is 13.5. The number of rotatable bonds is 5. The first kappa shape index (κ1) is 18.8. The van der Waals surface area contributed by atoms with Crippen molar-refractivity contribution in [2.24, 2.45) is 0 Å². The Morgan fingerprint density at radius 2 is 1.43 bits per heavy atom. The Morgan fingerprint density at radius 3 is 1.93 bits per heavy atom. The molecule has 0 saturated carbocycles. The molecular weight excluding hydrogens is 366 g/mol. The van der Waals surface area contributed by atoms with Crippen molar-refractivity contribution in [1.29, 1.82) is 0 Å². The highest BCUT2D eigenvalue weighted by Crippen LogP contribution is 2.20. The molecule has 0 aliphatic heterocycles. The van der Waals surface area contributed by atoms with Crippen LogP contribution in [0.2, 0.25) is 0 Å². The summed E-state index contributed by atoms with van der Waals surface area (Å²) in [5, 5.41) is 4.00. The quantitative estimate of drug-likeness (QED) is 0.488. The van der Waals surface area contributed by atoms with E-state index < -0.39 is 17.9 Å². The Labute approximate surface area is 159 Å². The minimum absolute atomic E-state index is 0.00801. The van der Waals surface area contributed by atoms with Gasteiger partial charge in [-0.2, -0.15) is 5.10 Å². The molecule has 0 fully saturated rings. The predicted octanol–water partition coefficient (Wildman–Crippen LogP) is 2.06. The molecule has 0 saturated heterocycles. The second-order valence-electron chi connectivity index (χ2n) is 5.51. The van der Waals surface area contributed by atoms with Gasteiger partial charge in [-0.05, 0) is 42.5 Å². The van der Waals surface area contributed by atoms with Gasteiger partial charge < -0.3 is 14.2 Å². The van der Waals surface area contributed by atoms with Gasteiger partial charge >= 0.3 is 17.9 Å². The first-order valence-corrected chi connectivity index (χ1v) is 8.01. The van der Waals surface area contributed by atoms with Gasteiger partial charge in [0.2, 0.25) is 0 Å². The number of aromatic nitrogens is 3. The van der Waals surface area contributed by atoms with Crippen LogP contribution in [0.5, 0.6) is 5.75 Å². The molecule has 3 rings (SSSR count). The van der Waals surface area contributed by atoms with E-state index in [0.717, 1.165) is 5.69 Å². The highest BCUT2D eigenvalue weighted by molar-refractivity contribution is 5.97. The lowest BCUT2D eigenvalue weighted by molar-refractivity contribution is 0.0593. The molecule has 9 heteroatoms. The highest BCUT2D eigenvalue weighted by atomic mass is 16.5. The molecule has 2 aromatic carbocycles. The van der Waals surface area contributed by atoms with E-state index in [0.29, 0.717) is 0 Å². The molecule has 0 spiro atoms. The van der Waals surface area contributed by atoms with Crippen molar-refractivity contribution in [2.45, 2.75) is 0 Å². The summed E-state index contributed by atoms with van der Waals surface area (Å²) in [6.07, 6.45) is 2.93. The van der Waals surface area contributed by atoms with Crippen LogP contribution in [0.1, 0.15) is 31.1 Å². The van der Waals surface area contributed by atoms with Gasteiger partial charge in [0.05, 0.1) is 36.6 Å². The van der Waals surface area contributed by atoms with Crippen molar-refractivity contribution >= 4 is 17.9 Å². The van der Waals surface area contributed by atoms with Crippen LogP contribution in [0.4, 0.5) is 0 Å². The lowest BCUT2D eigenvalue weighted by Crippen LogP contribution is -2.12. The number of methoxy groups -OCH3 is 2. The summed E-state index contributed by atoms with van der Waals surface area (Å²) in [5.41, 5.74) is 1.09. The minimum Gasteiger partial charge on any atom is -0.465 e. The van der Waals surface area contributed by atoms with E-state index in [1.165, 1.54) is 49.8 Å². The Morgan fingerprint density at radius 1 is 0.821 bits per heavy atom. The number of esters is 3. The fourth-order valence-corrected chi connectivity index (χ4v) is 2.39. The second-order valence-corrected chi connectivity index (χ2v) is 5.51. The van der Waals surface area contributed by atoms with Gasteiger partial charge in [0, 0.05) is 0 Å². The van der Waals surface area contributed by atoms with Crippen LogP contribution in [-0.2, 0) is 9.47 Å². The zero-order valence-corrected chi connectivity index (χ0v) is 15.0. The molecule has 0 unspecified atom stereocenters. The standard InChI is InChI=1S/C19H15N3O6/c1-26-17(23)13-7-14(18(24)27-2)9-16(8-13)28-19(25)12-3-5-15(6-4-12)22-11-20-10-21-22/h3-11H,1-2H3. The van der Waals surface area contributed by atoms with Crippen LogP contribution in [-0.4, -0.2) is 46.9 Å². The number of hydrogen-bond donors (Lipinski definition) is 0. The van der Waals surface area contributed by atoms with Crippen molar-refractivity contribution in [2.75, 3.05) is 14.2 Å². The van der Waals surface area contributed by atoms with E-state index in [4.69, 9.17) is 4.74 Å². The highest BCUT2D eigenvalue weighted by Gasteiger charge is 2.17. The average Bonchev–Trinajstić information content (AvgIpc) is 3.27. The molecule has 28 heavy (non-hydrogen) atoms. The summed E-state index contributed by atoms with van der Waals surface area (Å²) in [4.78, 5) is 39.9. The fourth-order valence-electron chi connectivity index (χ4n) is 2.39. The van der Waals surface area contributed by atoms with Crippen LogP contribution in [0.25, 0.3) is 5.69 Å². The number of hydrogen-bond acceptors (Lipinski definition) is 8. The lowest BCUT2D eigenvalue weighted by atomic mass is 10.1. The molecule has 3 aromatic rings. The smallest absolute Gasteiger partial charge is 0.343 e. The third-order valence-electron chi connectivity index (χ3n) is 3.75. The number of benzene rings is 2. The van der Waals surface area contributed by atoms with Gasteiger partial charge in [-0.3, -0.25) is 0 Å². The summed E-state index contributed by atoms with van der Waals surface area (Å²) in [7, 11) is 2.41. The minimum atomic E-state index is -0.680. The monoisotopic (exact) mass is 381 g/mol. The molecule has 0 radical (unpaired) electrons. The Kier molecular flexibility index (Phi) is 5.45. The van der Waals surface area contributed by atoms with Crippen LogP contribution in [0, 0.1) is 0 Å². The van der Waals surface area contributed by atoms with Crippen LogP contribution in [0.15, 0.2) is 55.1 Å². The third kappa shape index (κ3) is 4.04. The summed E-state index contributed by atoms with van der Waals surface area (Å²) in [6.45, 7) is 0. The van der Waals surface area contributed by atoms with Crippen LogP contribution < -0.4 is 4.74 Å². The molecule has 1 aromatic heterocycles. The summed E-state index contributed by atoms with van der Waals surface area (Å²) >= 11 is 0. The van der Waals surface area contributed by atoms with E-state index in [9.17, 15) is 14.4 Å². The molecular formula is C19H15N3O6. The molecule has 0 atom stereocenters. The zero-order valence-electron chi connectivity index (χ0n) is 15.0. The van der Waals surface area contributed by atoms with Gasteiger partial charge in [-0.15, -0.1) is 0 Å². The fraction of sp³-hybridized carbons (Fsp3) is 0.105. The molecule has 0 N–H and O–H groups in total. The molecule has 0 aliphatic rings. The number of nitrogens with zero attached hydrogens (tertiary/aromatic N) is 3. The number of carbonyl (C=O) groups is 3. The Bertz CT molecular complexity index is 978. The maximum absolute atomic E-state index is 12.4. The first-order valence-electron chi connectivity index (χ1n) is 8.01. The van der Waals surface area contributed by atoms with Crippen molar-refractivity contribution in [1.82, 2.24) is 14.8 Å². The topological polar surface area (TPSA) is 110 Å². The largest absolute Gasteiger partial charge is 0.465 e. The van der Waals surface area contributed by atoms with E-state index in [1.807, 2.05) is 0 Å². The average molecular weight is 381 g/mol. The van der Waals surface area contributed by atoms with E-state index in [-0.39, 0.29) is 22.4 Å². The third-order valence-corrected chi connectivity index (χ3v) is 3.75. The number of carbonyl (C=O) groups excluding carboxylic acids is 3. The summed E-state index contributed by atoms with van der Waals surface area (Å²) in [6, 6.07) is 10.4. The molecule has 9 nitrogen and oxygen atoms in total.